The molecule has 0 aliphatic heterocycles. The van der Waals surface area contributed by atoms with Gasteiger partial charge in [0.2, 0.25) is 0 Å². The highest BCUT2D eigenvalue weighted by Crippen LogP contribution is 2.26. The molecule has 1 aromatic rings. The maximum atomic E-state index is 12.0. The first-order valence-corrected chi connectivity index (χ1v) is 5.08. The molecule has 13 heavy (non-hydrogen) atoms. The van der Waals surface area contributed by atoms with Crippen LogP contribution in [-0.4, -0.2) is 6.67 Å². The van der Waals surface area contributed by atoms with Gasteiger partial charge in [-0.25, -0.2) is 0 Å². The number of alkyl halides is 1. The summed E-state index contributed by atoms with van der Waals surface area (Å²) in [6, 6.07) is 5.07. The molecule has 0 bridgehead atoms. The van der Waals surface area contributed by atoms with Crippen molar-refractivity contribution in [3.05, 3.63) is 33.3 Å². The molecule has 0 aromatic heterocycles. The van der Waals surface area contributed by atoms with E-state index in [1.807, 2.05) is 12.1 Å². The van der Waals surface area contributed by atoms with Gasteiger partial charge in [-0.05, 0) is 30.2 Å². The molecule has 0 spiro atoms. The van der Waals surface area contributed by atoms with E-state index in [0.29, 0.717) is 11.4 Å². The van der Waals surface area contributed by atoms with Gasteiger partial charge in [-0.3, -0.25) is 4.39 Å². The number of benzene rings is 1. The first-order valence-electron chi connectivity index (χ1n) is 3.91. The van der Waals surface area contributed by atoms with Crippen LogP contribution < -0.4 is 5.73 Å². The van der Waals surface area contributed by atoms with Crippen molar-refractivity contribution in [2.45, 2.75) is 12.5 Å². The first kappa shape index (κ1) is 11.0. The first-order chi connectivity index (χ1) is 6.15. The van der Waals surface area contributed by atoms with E-state index in [0.717, 1.165) is 10.0 Å². The van der Waals surface area contributed by atoms with Gasteiger partial charge in [0.1, 0.15) is 0 Å². The highest BCUT2D eigenvalue weighted by molar-refractivity contribution is 9.10. The fourth-order valence-electron chi connectivity index (χ4n) is 1.07. The zero-order chi connectivity index (χ0) is 9.84. The Morgan fingerprint density at radius 3 is 2.85 bits per heavy atom. The van der Waals surface area contributed by atoms with Gasteiger partial charge < -0.3 is 5.73 Å². The van der Waals surface area contributed by atoms with Crippen LogP contribution in [0.25, 0.3) is 0 Å². The molecule has 0 amide bonds. The lowest BCUT2D eigenvalue weighted by molar-refractivity contribution is 0.442. The Morgan fingerprint density at radius 1 is 1.54 bits per heavy atom. The Morgan fingerprint density at radius 2 is 2.23 bits per heavy atom. The van der Waals surface area contributed by atoms with Gasteiger partial charge in [0.25, 0.3) is 0 Å². The average Bonchev–Trinajstić information content (AvgIpc) is 2.09. The molecule has 0 unspecified atom stereocenters. The van der Waals surface area contributed by atoms with Crippen LogP contribution in [0.1, 0.15) is 18.0 Å². The van der Waals surface area contributed by atoms with Crippen LogP contribution in [0.5, 0.6) is 0 Å². The van der Waals surface area contributed by atoms with Gasteiger partial charge in [0, 0.05) is 15.5 Å². The minimum atomic E-state index is -0.427. The summed E-state index contributed by atoms with van der Waals surface area (Å²) in [5.41, 5.74) is 6.52. The van der Waals surface area contributed by atoms with Crippen LogP contribution >= 0.6 is 27.5 Å². The van der Waals surface area contributed by atoms with E-state index in [-0.39, 0.29) is 6.04 Å². The van der Waals surface area contributed by atoms with Crippen molar-refractivity contribution in [1.29, 1.82) is 0 Å². The second-order valence-corrected chi connectivity index (χ2v) is 4.07. The van der Waals surface area contributed by atoms with Crippen molar-refractivity contribution in [2.24, 2.45) is 5.73 Å². The quantitative estimate of drug-likeness (QED) is 0.891. The molecule has 0 saturated heterocycles. The topological polar surface area (TPSA) is 26.0 Å². The van der Waals surface area contributed by atoms with Crippen molar-refractivity contribution >= 4 is 27.5 Å². The predicted octanol–water partition coefficient (Wildman–Crippen LogP) is 3.46. The molecular weight excluding hydrogens is 256 g/mol. The highest BCUT2D eigenvalue weighted by Gasteiger charge is 2.09. The van der Waals surface area contributed by atoms with E-state index in [1.54, 1.807) is 6.07 Å². The lowest BCUT2D eigenvalue weighted by atomic mass is 10.1. The Hall–Kier alpha value is -0.120. The van der Waals surface area contributed by atoms with Crippen molar-refractivity contribution in [3.8, 4) is 0 Å². The summed E-state index contributed by atoms with van der Waals surface area (Å²) < 4.78 is 12.9. The van der Waals surface area contributed by atoms with Crippen molar-refractivity contribution < 1.29 is 4.39 Å². The van der Waals surface area contributed by atoms with Crippen LogP contribution in [0.4, 0.5) is 4.39 Å². The minimum absolute atomic E-state index is 0.302. The van der Waals surface area contributed by atoms with Gasteiger partial charge >= 0.3 is 0 Å². The standard InChI is InChI=1S/C9H10BrClFN/c10-6-1-2-8(11)7(5-6)9(13)3-4-12/h1-2,5,9H,3-4,13H2/t9-/m0/s1. The van der Waals surface area contributed by atoms with E-state index < -0.39 is 6.67 Å². The lowest BCUT2D eigenvalue weighted by Gasteiger charge is -2.11. The summed E-state index contributed by atoms with van der Waals surface area (Å²) in [4.78, 5) is 0. The largest absolute Gasteiger partial charge is 0.324 e. The predicted molar refractivity (Wildman–Crippen MR) is 56.7 cm³/mol. The molecule has 2 N–H and O–H groups in total. The van der Waals surface area contributed by atoms with E-state index >= 15 is 0 Å². The summed E-state index contributed by atoms with van der Waals surface area (Å²) >= 11 is 9.21. The lowest BCUT2D eigenvalue weighted by Crippen LogP contribution is -2.11. The summed E-state index contributed by atoms with van der Waals surface area (Å²) in [6.07, 6.45) is 0.302. The summed E-state index contributed by atoms with van der Waals surface area (Å²) in [6.45, 7) is -0.427. The molecule has 1 nitrogen and oxygen atoms in total. The zero-order valence-electron chi connectivity index (χ0n) is 6.93. The van der Waals surface area contributed by atoms with Gasteiger partial charge in [0.15, 0.2) is 0 Å². The van der Waals surface area contributed by atoms with Crippen LogP contribution in [0, 0.1) is 0 Å². The third kappa shape index (κ3) is 2.93. The Bertz CT molecular complexity index is 293. The third-order valence-corrected chi connectivity index (χ3v) is 2.62. The number of hydrogen-bond acceptors (Lipinski definition) is 1. The van der Waals surface area contributed by atoms with E-state index in [2.05, 4.69) is 15.9 Å². The fraction of sp³-hybridized carbons (Fsp3) is 0.333. The summed E-state index contributed by atoms with van der Waals surface area (Å²) in [5.74, 6) is 0. The van der Waals surface area contributed by atoms with Crippen LogP contribution in [-0.2, 0) is 0 Å². The molecule has 1 rings (SSSR count). The molecule has 1 atom stereocenters. The molecular formula is C9H10BrClFN. The number of rotatable bonds is 3. The van der Waals surface area contributed by atoms with E-state index in [9.17, 15) is 4.39 Å². The van der Waals surface area contributed by atoms with E-state index in [1.165, 1.54) is 0 Å². The van der Waals surface area contributed by atoms with Gasteiger partial charge in [-0.15, -0.1) is 0 Å². The molecule has 0 fully saturated rings. The number of hydrogen-bond donors (Lipinski definition) is 1. The summed E-state index contributed by atoms with van der Waals surface area (Å²) in [7, 11) is 0. The van der Waals surface area contributed by atoms with Crippen molar-refractivity contribution in [3.63, 3.8) is 0 Å². The molecule has 0 saturated carbocycles. The van der Waals surface area contributed by atoms with Crippen molar-refractivity contribution in [2.75, 3.05) is 6.67 Å². The van der Waals surface area contributed by atoms with Gasteiger partial charge in [-0.1, -0.05) is 27.5 Å². The number of nitrogens with two attached hydrogens (primary N) is 1. The molecule has 0 radical (unpaired) electrons. The minimum Gasteiger partial charge on any atom is -0.324 e. The zero-order valence-corrected chi connectivity index (χ0v) is 9.28. The fourth-order valence-corrected chi connectivity index (χ4v) is 1.71. The molecule has 72 valence electrons. The maximum Gasteiger partial charge on any atom is 0.0912 e. The Kier molecular flexibility index (Phi) is 4.16. The molecule has 4 heteroatoms. The third-order valence-electron chi connectivity index (χ3n) is 1.78. The molecule has 0 aliphatic carbocycles. The molecule has 1 aromatic carbocycles. The number of halogens is 3. The van der Waals surface area contributed by atoms with Gasteiger partial charge in [0.05, 0.1) is 6.67 Å². The highest BCUT2D eigenvalue weighted by atomic mass is 79.9. The SMILES string of the molecule is N[C@@H](CCF)c1cc(Br)ccc1Cl. The van der Waals surface area contributed by atoms with Crippen LogP contribution in [0.2, 0.25) is 5.02 Å². The van der Waals surface area contributed by atoms with Crippen LogP contribution in [0.15, 0.2) is 22.7 Å². The average molecular weight is 267 g/mol. The second-order valence-electron chi connectivity index (χ2n) is 2.75. The Labute approximate surface area is 90.2 Å². The molecule has 0 aliphatic rings. The second kappa shape index (κ2) is 4.94. The Balaban J connectivity index is 2.91. The van der Waals surface area contributed by atoms with Crippen LogP contribution in [0.3, 0.4) is 0 Å². The van der Waals surface area contributed by atoms with E-state index in [4.69, 9.17) is 17.3 Å². The monoisotopic (exact) mass is 265 g/mol. The smallest absolute Gasteiger partial charge is 0.0912 e. The van der Waals surface area contributed by atoms with Crippen molar-refractivity contribution in [1.82, 2.24) is 0 Å². The maximum absolute atomic E-state index is 12.0. The summed E-state index contributed by atoms with van der Waals surface area (Å²) in [5, 5.41) is 0.587. The normalized spacial score (nSPS) is 12.9. The van der Waals surface area contributed by atoms with Gasteiger partial charge in [-0.2, -0.15) is 0 Å². The molecule has 0 heterocycles.